The third-order valence-corrected chi connectivity index (χ3v) is 3.57. The maximum absolute atomic E-state index is 5.76. The molecule has 0 aliphatic heterocycles. The van der Waals surface area contributed by atoms with Crippen molar-refractivity contribution in [2.75, 3.05) is 5.73 Å². The molecule has 0 unspecified atom stereocenters. The molecule has 19 heavy (non-hydrogen) atoms. The molecule has 4 heteroatoms. The Morgan fingerprint density at radius 3 is 2.37 bits per heavy atom. The summed E-state index contributed by atoms with van der Waals surface area (Å²) in [5, 5.41) is 8.62. The van der Waals surface area contributed by atoms with Gasteiger partial charge in [0.05, 0.1) is 0 Å². The SMILES string of the molecule is CCCn1c(C)nnc1C(C)(C)c1ccc(N)cc1. The van der Waals surface area contributed by atoms with Crippen LogP contribution in [0.4, 0.5) is 5.69 Å². The van der Waals surface area contributed by atoms with E-state index in [1.807, 2.05) is 19.1 Å². The molecule has 0 fully saturated rings. The minimum absolute atomic E-state index is 0.176. The molecule has 102 valence electrons. The van der Waals surface area contributed by atoms with Gasteiger partial charge < -0.3 is 10.3 Å². The van der Waals surface area contributed by atoms with E-state index in [1.165, 1.54) is 5.56 Å². The highest BCUT2D eigenvalue weighted by atomic mass is 15.3. The van der Waals surface area contributed by atoms with Gasteiger partial charge in [-0.15, -0.1) is 10.2 Å². The molecule has 1 aromatic carbocycles. The number of aromatic nitrogens is 3. The average Bonchev–Trinajstić information content (AvgIpc) is 2.73. The lowest BCUT2D eigenvalue weighted by molar-refractivity contribution is 0.520. The quantitative estimate of drug-likeness (QED) is 0.858. The van der Waals surface area contributed by atoms with Gasteiger partial charge in [-0.2, -0.15) is 0 Å². The molecule has 0 saturated heterocycles. The Bertz CT molecular complexity index is 552. The standard InChI is InChI=1S/C15H22N4/c1-5-10-19-11(2)17-18-14(19)15(3,4)12-6-8-13(16)9-7-12/h6-9H,5,10,16H2,1-4H3. The summed E-state index contributed by atoms with van der Waals surface area (Å²) in [6.07, 6.45) is 1.07. The molecular weight excluding hydrogens is 236 g/mol. The number of anilines is 1. The number of benzene rings is 1. The van der Waals surface area contributed by atoms with Crippen LogP contribution in [0.25, 0.3) is 0 Å². The van der Waals surface area contributed by atoms with Crippen LogP contribution in [0.1, 0.15) is 44.4 Å². The van der Waals surface area contributed by atoms with E-state index < -0.39 is 0 Å². The Morgan fingerprint density at radius 2 is 1.79 bits per heavy atom. The molecule has 4 nitrogen and oxygen atoms in total. The monoisotopic (exact) mass is 258 g/mol. The fraction of sp³-hybridized carbons (Fsp3) is 0.467. The number of nitrogens with two attached hydrogens (primary N) is 1. The lowest BCUT2D eigenvalue weighted by Crippen LogP contribution is -2.25. The maximum Gasteiger partial charge on any atom is 0.143 e. The molecule has 0 radical (unpaired) electrons. The summed E-state index contributed by atoms with van der Waals surface area (Å²) < 4.78 is 2.20. The van der Waals surface area contributed by atoms with E-state index in [1.54, 1.807) is 0 Å². The molecular formula is C15H22N4. The van der Waals surface area contributed by atoms with Crippen molar-refractivity contribution in [3.63, 3.8) is 0 Å². The Labute approximate surface area is 114 Å². The van der Waals surface area contributed by atoms with E-state index in [4.69, 9.17) is 5.73 Å². The van der Waals surface area contributed by atoms with Gasteiger partial charge in [0.2, 0.25) is 0 Å². The first kappa shape index (κ1) is 13.6. The van der Waals surface area contributed by atoms with Gasteiger partial charge in [-0.25, -0.2) is 0 Å². The lowest BCUT2D eigenvalue weighted by Gasteiger charge is -2.25. The molecule has 0 saturated carbocycles. The van der Waals surface area contributed by atoms with Crippen LogP contribution in [0.5, 0.6) is 0 Å². The maximum atomic E-state index is 5.76. The van der Waals surface area contributed by atoms with Gasteiger partial charge in [0.15, 0.2) is 0 Å². The zero-order chi connectivity index (χ0) is 14.0. The van der Waals surface area contributed by atoms with E-state index in [-0.39, 0.29) is 5.41 Å². The summed E-state index contributed by atoms with van der Waals surface area (Å²) in [5.74, 6) is 1.98. The predicted octanol–water partition coefficient (Wildman–Crippen LogP) is 2.90. The van der Waals surface area contributed by atoms with Gasteiger partial charge in [-0.05, 0) is 44.9 Å². The molecule has 0 amide bonds. The molecule has 1 aromatic heterocycles. The summed E-state index contributed by atoms with van der Waals surface area (Å²) in [4.78, 5) is 0. The summed E-state index contributed by atoms with van der Waals surface area (Å²) in [6, 6.07) is 8.00. The third kappa shape index (κ3) is 2.48. The molecule has 2 N–H and O–H groups in total. The average molecular weight is 258 g/mol. The molecule has 2 aromatic rings. The van der Waals surface area contributed by atoms with E-state index in [2.05, 4.69) is 47.7 Å². The number of rotatable bonds is 4. The summed E-state index contributed by atoms with van der Waals surface area (Å²) in [5.41, 5.74) is 7.56. The molecule has 0 aliphatic carbocycles. The van der Waals surface area contributed by atoms with Crippen molar-refractivity contribution in [2.24, 2.45) is 0 Å². The van der Waals surface area contributed by atoms with Crippen LogP contribution in [0.15, 0.2) is 24.3 Å². The predicted molar refractivity (Wildman–Crippen MR) is 78.0 cm³/mol. The first-order valence-corrected chi connectivity index (χ1v) is 6.73. The number of nitrogen functional groups attached to an aromatic ring is 1. The fourth-order valence-corrected chi connectivity index (χ4v) is 2.36. The van der Waals surface area contributed by atoms with Crippen molar-refractivity contribution in [1.29, 1.82) is 0 Å². The van der Waals surface area contributed by atoms with Gasteiger partial charge in [-0.3, -0.25) is 0 Å². The smallest absolute Gasteiger partial charge is 0.143 e. The summed E-state index contributed by atoms with van der Waals surface area (Å²) in [6.45, 7) is 9.47. The van der Waals surface area contributed by atoms with Crippen molar-refractivity contribution in [1.82, 2.24) is 14.8 Å². The first-order chi connectivity index (χ1) is 8.96. The second-order valence-corrected chi connectivity index (χ2v) is 5.47. The van der Waals surface area contributed by atoms with Crippen LogP contribution in [0, 0.1) is 6.92 Å². The topological polar surface area (TPSA) is 56.7 Å². The number of hydrogen-bond donors (Lipinski definition) is 1. The Kier molecular flexibility index (Phi) is 3.60. The third-order valence-electron chi connectivity index (χ3n) is 3.57. The zero-order valence-electron chi connectivity index (χ0n) is 12.1. The minimum Gasteiger partial charge on any atom is -0.399 e. The summed E-state index contributed by atoms with van der Waals surface area (Å²) >= 11 is 0. The zero-order valence-corrected chi connectivity index (χ0v) is 12.1. The minimum atomic E-state index is -0.176. The van der Waals surface area contributed by atoms with Crippen LogP contribution in [0.3, 0.4) is 0 Å². The normalized spacial score (nSPS) is 11.8. The summed E-state index contributed by atoms with van der Waals surface area (Å²) in [7, 11) is 0. The number of hydrogen-bond acceptors (Lipinski definition) is 3. The van der Waals surface area contributed by atoms with E-state index in [9.17, 15) is 0 Å². The Morgan fingerprint density at radius 1 is 1.16 bits per heavy atom. The van der Waals surface area contributed by atoms with Crippen molar-refractivity contribution < 1.29 is 0 Å². The largest absolute Gasteiger partial charge is 0.399 e. The number of nitrogens with zero attached hydrogens (tertiary/aromatic N) is 3. The van der Waals surface area contributed by atoms with E-state index in [0.29, 0.717) is 0 Å². The highest BCUT2D eigenvalue weighted by Crippen LogP contribution is 2.31. The van der Waals surface area contributed by atoms with Crippen LogP contribution in [-0.2, 0) is 12.0 Å². The molecule has 2 rings (SSSR count). The van der Waals surface area contributed by atoms with Gasteiger partial charge >= 0.3 is 0 Å². The van der Waals surface area contributed by atoms with Crippen molar-refractivity contribution in [3.8, 4) is 0 Å². The van der Waals surface area contributed by atoms with Crippen molar-refractivity contribution in [2.45, 2.75) is 46.1 Å². The molecule has 0 aliphatic rings. The van der Waals surface area contributed by atoms with Gasteiger partial charge in [0.1, 0.15) is 11.6 Å². The van der Waals surface area contributed by atoms with Gasteiger partial charge in [-0.1, -0.05) is 19.1 Å². The highest BCUT2D eigenvalue weighted by Gasteiger charge is 2.29. The molecule has 1 heterocycles. The second kappa shape index (κ2) is 5.03. The first-order valence-electron chi connectivity index (χ1n) is 6.73. The van der Waals surface area contributed by atoms with Crippen LogP contribution in [0.2, 0.25) is 0 Å². The lowest BCUT2D eigenvalue weighted by atomic mass is 9.83. The Hall–Kier alpha value is -1.84. The van der Waals surface area contributed by atoms with E-state index >= 15 is 0 Å². The Balaban J connectivity index is 2.46. The van der Waals surface area contributed by atoms with Crippen LogP contribution < -0.4 is 5.73 Å². The molecule has 0 spiro atoms. The number of aryl methyl sites for hydroxylation is 1. The van der Waals surface area contributed by atoms with Crippen LogP contribution in [-0.4, -0.2) is 14.8 Å². The fourth-order valence-electron chi connectivity index (χ4n) is 2.36. The van der Waals surface area contributed by atoms with Gasteiger partial charge in [0, 0.05) is 17.6 Å². The van der Waals surface area contributed by atoms with Crippen molar-refractivity contribution >= 4 is 5.69 Å². The molecule has 0 atom stereocenters. The molecule has 0 bridgehead atoms. The van der Waals surface area contributed by atoms with Crippen molar-refractivity contribution in [3.05, 3.63) is 41.5 Å². The van der Waals surface area contributed by atoms with E-state index in [0.717, 1.165) is 30.3 Å². The van der Waals surface area contributed by atoms with Gasteiger partial charge in [0.25, 0.3) is 0 Å². The second-order valence-electron chi connectivity index (χ2n) is 5.47. The highest BCUT2D eigenvalue weighted by molar-refractivity contribution is 5.43. The van der Waals surface area contributed by atoms with Crippen LogP contribution >= 0.6 is 0 Å².